The maximum absolute atomic E-state index is 12.1. The SMILES string of the molecule is COCCOCc1csc(NC(=O)NC(C)c2ccc(Br)cc2)n1. The Hall–Kier alpha value is -1.48. The zero-order chi connectivity index (χ0) is 17.4. The standard InChI is InChI=1S/C16H20BrN3O3S/c1-11(12-3-5-13(17)6-4-12)18-15(21)20-16-19-14(10-24-16)9-23-8-7-22-2/h3-6,10-11H,7-9H2,1-2H3,(H2,18,19,20,21). The molecule has 0 bridgehead atoms. The van der Waals surface area contributed by atoms with Gasteiger partial charge in [0.05, 0.1) is 31.6 Å². The minimum atomic E-state index is -0.286. The van der Waals surface area contributed by atoms with Crippen LogP contribution in [0.25, 0.3) is 0 Å². The molecule has 8 heteroatoms. The van der Waals surface area contributed by atoms with E-state index in [9.17, 15) is 4.79 Å². The summed E-state index contributed by atoms with van der Waals surface area (Å²) in [6.45, 7) is 3.39. The summed E-state index contributed by atoms with van der Waals surface area (Å²) in [5.41, 5.74) is 1.81. The van der Waals surface area contributed by atoms with Crippen molar-refractivity contribution in [1.82, 2.24) is 10.3 Å². The van der Waals surface area contributed by atoms with Crippen LogP contribution in [0.1, 0.15) is 24.2 Å². The first-order valence-electron chi connectivity index (χ1n) is 7.42. The highest BCUT2D eigenvalue weighted by molar-refractivity contribution is 9.10. The lowest BCUT2D eigenvalue weighted by atomic mass is 10.1. The second-order valence-corrected chi connectivity index (χ2v) is 6.83. The van der Waals surface area contributed by atoms with Crippen LogP contribution < -0.4 is 10.6 Å². The number of thiazole rings is 1. The van der Waals surface area contributed by atoms with Crippen molar-refractivity contribution in [3.63, 3.8) is 0 Å². The van der Waals surface area contributed by atoms with Crippen LogP contribution in [-0.4, -0.2) is 31.3 Å². The van der Waals surface area contributed by atoms with E-state index in [0.717, 1.165) is 15.7 Å². The van der Waals surface area contributed by atoms with E-state index in [-0.39, 0.29) is 12.1 Å². The Morgan fingerprint density at radius 2 is 2.08 bits per heavy atom. The summed E-state index contributed by atoms with van der Waals surface area (Å²) in [7, 11) is 1.63. The number of rotatable bonds is 8. The molecule has 0 saturated heterocycles. The minimum Gasteiger partial charge on any atom is -0.382 e. The molecule has 130 valence electrons. The van der Waals surface area contributed by atoms with E-state index in [4.69, 9.17) is 9.47 Å². The number of urea groups is 1. The molecule has 2 rings (SSSR count). The molecule has 0 aliphatic carbocycles. The van der Waals surface area contributed by atoms with Crippen LogP contribution in [0.3, 0.4) is 0 Å². The van der Waals surface area contributed by atoms with E-state index in [1.54, 1.807) is 7.11 Å². The number of aromatic nitrogens is 1. The molecule has 0 spiro atoms. The predicted octanol–water partition coefficient (Wildman–Crippen LogP) is 3.95. The van der Waals surface area contributed by atoms with E-state index in [1.807, 2.05) is 36.6 Å². The molecule has 2 N–H and O–H groups in total. The lowest BCUT2D eigenvalue weighted by Crippen LogP contribution is -2.31. The summed E-state index contributed by atoms with van der Waals surface area (Å²) in [5.74, 6) is 0. The first kappa shape index (κ1) is 18.9. The van der Waals surface area contributed by atoms with Crippen LogP contribution >= 0.6 is 27.3 Å². The number of amides is 2. The fourth-order valence-corrected chi connectivity index (χ4v) is 2.87. The zero-order valence-electron chi connectivity index (χ0n) is 13.5. The normalized spacial score (nSPS) is 12.0. The summed E-state index contributed by atoms with van der Waals surface area (Å²) in [5, 5.41) is 8.03. The first-order valence-corrected chi connectivity index (χ1v) is 9.10. The number of methoxy groups -OCH3 is 1. The smallest absolute Gasteiger partial charge is 0.321 e. The van der Waals surface area contributed by atoms with Gasteiger partial charge in [-0.05, 0) is 24.6 Å². The average molecular weight is 414 g/mol. The van der Waals surface area contributed by atoms with Crippen LogP contribution in [0.5, 0.6) is 0 Å². The van der Waals surface area contributed by atoms with Gasteiger partial charge in [0.15, 0.2) is 5.13 Å². The molecule has 24 heavy (non-hydrogen) atoms. The number of benzene rings is 1. The third kappa shape index (κ3) is 6.20. The summed E-state index contributed by atoms with van der Waals surface area (Å²) in [6.07, 6.45) is 0. The second-order valence-electron chi connectivity index (χ2n) is 5.06. The van der Waals surface area contributed by atoms with Crippen LogP contribution in [-0.2, 0) is 16.1 Å². The van der Waals surface area contributed by atoms with Crippen molar-refractivity contribution < 1.29 is 14.3 Å². The topological polar surface area (TPSA) is 72.5 Å². The van der Waals surface area contributed by atoms with Gasteiger partial charge in [-0.3, -0.25) is 5.32 Å². The largest absolute Gasteiger partial charge is 0.382 e. The number of ether oxygens (including phenoxy) is 2. The number of anilines is 1. The fraction of sp³-hybridized carbons (Fsp3) is 0.375. The number of carbonyl (C=O) groups is 1. The molecule has 0 radical (unpaired) electrons. The van der Waals surface area contributed by atoms with Crippen LogP contribution in [0.2, 0.25) is 0 Å². The monoisotopic (exact) mass is 413 g/mol. The molecule has 2 aromatic rings. The quantitative estimate of drug-likeness (QED) is 0.642. The molecule has 2 amide bonds. The van der Waals surface area contributed by atoms with Gasteiger partial charge in [-0.15, -0.1) is 11.3 Å². The average Bonchev–Trinajstić information content (AvgIpc) is 2.99. The Morgan fingerprint density at radius 3 is 2.79 bits per heavy atom. The highest BCUT2D eigenvalue weighted by Gasteiger charge is 2.11. The molecule has 6 nitrogen and oxygen atoms in total. The molecule has 0 saturated carbocycles. The molecular weight excluding hydrogens is 394 g/mol. The van der Waals surface area contributed by atoms with Crippen molar-refractivity contribution in [1.29, 1.82) is 0 Å². The molecular formula is C16H20BrN3O3S. The van der Waals surface area contributed by atoms with E-state index >= 15 is 0 Å². The summed E-state index contributed by atoms with van der Waals surface area (Å²) in [6, 6.07) is 7.44. The van der Waals surface area contributed by atoms with Crippen molar-refractivity contribution in [2.45, 2.75) is 19.6 Å². The van der Waals surface area contributed by atoms with Gasteiger partial charge in [0.25, 0.3) is 0 Å². The van der Waals surface area contributed by atoms with Gasteiger partial charge in [-0.2, -0.15) is 0 Å². The van der Waals surface area contributed by atoms with Gasteiger partial charge in [-0.1, -0.05) is 28.1 Å². The van der Waals surface area contributed by atoms with Crippen LogP contribution in [0.4, 0.5) is 9.93 Å². The molecule has 0 aliphatic heterocycles. The third-order valence-corrected chi connectivity index (χ3v) is 4.51. The van der Waals surface area contributed by atoms with Gasteiger partial charge >= 0.3 is 6.03 Å². The number of carbonyl (C=O) groups excluding carboxylic acids is 1. The number of halogens is 1. The number of hydrogen-bond acceptors (Lipinski definition) is 5. The molecule has 1 aromatic carbocycles. The predicted molar refractivity (Wildman–Crippen MR) is 98.4 cm³/mol. The van der Waals surface area contributed by atoms with Gasteiger partial charge in [-0.25, -0.2) is 9.78 Å². The van der Waals surface area contributed by atoms with E-state index < -0.39 is 0 Å². The van der Waals surface area contributed by atoms with Crippen molar-refractivity contribution in [3.05, 3.63) is 45.4 Å². The number of nitrogens with zero attached hydrogens (tertiary/aromatic N) is 1. The van der Waals surface area contributed by atoms with Gasteiger partial charge in [0.1, 0.15) is 0 Å². The van der Waals surface area contributed by atoms with Crippen molar-refractivity contribution in [3.8, 4) is 0 Å². The summed E-state index contributed by atoms with van der Waals surface area (Å²) in [4.78, 5) is 16.4. The summed E-state index contributed by atoms with van der Waals surface area (Å²) < 4.78 is 11.3. The number of hydrogen-bond donors (Lipinski definition) is 2. The Kier molecular flexibility index (Phi) is 7.64. The van der Waals surface area contributed by atoms with Crippen molar-refractivity contribution in [2.24, 2.45) is 0 Å². The van der Waals surface area contributed by atoms with E-state index in [0.29, 0.717) is 25.0 Å². The Balaban J connectivity index is 1.79. The Morgan fingerprint density at radius 1 is 1.33 bits per heavy atom. The van der Waals surface area contributed by atoms with Crippen LogP contribution in [0.15, 0.2) is 34.1 Å². The van der Waals surface area contributed by atoms with E-state index in [1.165, 1.54) is 11.3 Å². The molecule has 1 aromatic heterocycles. The fourth-order valence-electron chi connectivity index (χ4n) is 1.91. The summed E-state index contributed by atoms with van der Waals surface area (Å²) >= 11 is 4.76. The highest BCUT2D eigenvalue weighted by atomic mass is 79.9. The lowest BCUT2D eigenvalue weighted by molar-refractivity contribution is 0.0604. The van der Waals surface area contributed by atoms with Gasteiger partial charge in [0, 0.05) is 17.0 Å². The third-order valence-electron chi connectivity index (χ3n) is 3.17. The zero-order valence-corrected chi connectivity index (χ0v) is 15.9. The molecule has 1 atom stereocenters. The Labute approximate surface area is 153 Å². The van der Waals surface area contributed by atoms with Gasteiger partial charge in [0.2, 0.25) is 0 Å². The van der Waals surface area contributed by atoms with Gasteiger partial charge < -0.3 is 14.8 Å². The molecule has 0 aliphatic rings. The van der Waals surface area contributed by atoms with E-state index in [2.05, 4.69) is 31.5 Å². The van der Waals surface area contributed by atoms with Crippen molar-refractivity contribution in [2.75, 3.05) is 25.6 Å². The highest BCUT2D eigenvalue weighted by Crippen LogP contribution is 2.18. The number of nitrogens with one attached hydrogen (secondary N) is 2. The Bertz CT molecular complexity index is 648. The molecule has 0 fully saturated rings. The second kappa shape index (κ2) is 9.73. The minimum absolute atomic E-state index is 0.102. The van der Waals surface area contributed by atoms with Crippen molar-refractivity contribution >= 4 is 38.4 Å². The first-order chi connectivity index (χ1) is 11.6. The lowest BCUT2D eigenvalue weighted by Gasteiger charge is -2.14. The maximum Gasteiger partial charge on any atom is 0.321 e. The maximum atomic E-state index is 12.1. The molecule has 1 unspecified atom stereocenters. The van der Waals surface area contributed by atoms with Crippen LogP contribution in [0, 0.1) is 0 Å². The molecule has 1 heterocycles.